The third kappa shape index (κ3) is 2.08. The number of H-pyrrole nitrogens is 1. The fourth-order valence-corrected chi connectivity index (χ4v) is 3.94. The Morgan fingerprint density at radius 3 is 2.70 bits per heavy atom. The maximum atomic E-state index is 12.4. The Morgan fingerprint density at radius 2 is 2.00 bits per heavy atom. The van der Waals surface area contributed by atoms with Crippen LogP contribution in [0.2, 0.25) is 0 Å². The smallest absolute Gasteiger partial charge is 0.317 e. The van der Waals surface area contributed by atoms with E-state index in [1.165, 1.54) is 22.6 Å². The normalized spacial score (nSPS) is 23.5. The summed E-state index contributed by atoms with van der Waals surface area (Å²) in [4.78, 5) is 26.5. The van der Waals surface area contributed by atoms with Crippen molar-refractivity contribution < 1.29 is 13.2 Å². The van der Waals surface area contributed by atoms with Crippen molar-refractivity contribution >= 4 is 16.1 Å². The van der Waals surface area contributed by atoms with Crippen LogP contribution in [0, 0.1) is 0 Å². The maximum Gasteiger partial charge on any atom is 0.317 e. The first kappa shape index (κ1) is 13.1. The summed E-state index contributed by atoms with van der Waals surface area (Å²) in [5.74, 6) is 0. The summed E-state index contributed by atoms with van der Waals surface area (Å²) < 4.78 is 26.2. The van der Waals surface area contributed by atoms with Gasteiger partial charge in [-0.15, -0.1) is 0 Å². The van der Waals surface area contributed by atoms with Crippen LogP contribution in [0.15, 0.2) is 28.0 Å². The van der Waals surface area contributed by atoms with Crippen molar-refractivity contribution in [2.24, 2.45) is 0 Å². The molecule has 8 nitrogen and oxygen atoms in total. The number of hydrogen-bond acceptors (Lipinski definition) is 4. The molecule has 2 fully saturated rings. The lowest BCUT2D eigenvalue weighted by Gasteiger charge is -2.35. The van der Waals surface area contributed by atoms with Crippen LogP contribution < -0.4 is 10.9 Å². The van der Waals surface area contributed by atoms with Crippen molar-refractivity contribution in [3.63, 3.8) is 0 Å². The van der Waals surface area contributed by atoms with E-state index < -0.39 is 10.0 Å². The standard InChI is InChI=1S/C11H14N4O4S/c16-10-2-1-9(6-12-10)20(18,19)14-3-4-15-8(7-14)5-13-11(15)17/h1-2,6,8H,3-5,7H2,(H,12,16)(H,13,17). The highest BCUT2D eigenvalue weighted by Crippen LogP contribution is 2.20. The van der Waals surface area contributed by atoms with Gasteiger partial charge in [0.25, 0.3) is 0 Å². The van der Waals surface area contributed by atoms with Gasteiger partial charge in [0.05, 0.1) is 10.9 Å². The van der Waals surface area contributed by atoms with Crippen molar-refractivity contribution in [2.45, 2.75) is 10.9 Å². The molecule has 20 heavy (non-hydrogen) atoms. The molecule has 2 amide bonds. The summed E-state index contributed by atoms with van der Waals surface area (Å²) in [6.07, 6.45) is 1.20. The van der Waals surface area contributed by atoms with Crippen molar-refractivity contribution in [2.75, 3.05) is 26.2 Å². The summed E-state index contributed by atoms with van der Waals surface area (Å²) >= 11 is 0. The van der Waals surface area contributed by atoms with Crippen LogP contribution in [-0.2, 0) is 10.0 Å². The number of nitrogens with one attached hydrogen (secondary N) is 2. The number of sulfonamides is 1. The Kier molecular flexibility index (Phi) is 3.02. The second kappa shape index (κ2) is 4.60. The quantitative estimate of drug-likeness (QED) is 0.714. The predicted octanol–water partition coefficient (Wildman–Crippen LogP) is -1.23. The number of nitrogens with zero attached hydrogens (tertiary/aromatic N) is 2. The Bertz CT molecular complexity index is 678. The molecule has 0 aliphatic carbocycles. The molecule has 0 spiro atoms. The Morgan fingerprint density at radius 1 is 1.20 bits per heavy atom. The number of pyridine rings is 1. The molecule has 1 unspecified atom stereocenters. The van der Waals surface area contributed by atoms with Gasteiger partial charge in [-0.25, -0.2) is 13.2 Å². The summed E-state index contributed by atoms with van der Waals surface area (Å²) in [5.41, 5.74) is -0.348. The summed E-state index contributed by atoms with van der Waals surface area (Å²) in [7, 11) is -3.64. The van der Waals surface area contributed by atoms with Gasteiger partial charge in [0, 0.05) is 38.4 Å². The zero-order valence-corrected chi connectivity index (χ0v) is 11.4. The second-order valence-corrected chi connectivity index (χ2v) is 6.72. The lowest BCUT2D eigenvalue weighted by atomic mass is 10.2. The average molecular weight is 298 g/mol. The molecule has 2 saturated heterocycles. The van der Waals surface area contributed by atoms with Gasteiger partial charge in [-0.3, -0.25) is 4.79 Å². The summed E-state index contributed by atoms with van der Waals surface area (Å²) in [6.45, 7) is 1.35. The Balaban J connectivity index is 1.84. The molecule has 2 N–H and O–H groups in total. The van der Waals surface area contributed by atoms with Gasteiger partial charge in [0.15, 0.2) is 0 Å². The lowest BCUT2D eigenvalue weighted by Crippen LogP contribution is -2.53. The third-order valence-corrected chi connectivity index (χ3v) is 5.45. The van der Waals surface area contributed by atoms with Gasteiger partial charge in [0.2, 0.25) is 15.6 Å². The van der Waals surface area contributed by atoms with E-state index in [1.807, 2.05) is 0 Å². The number of carbonyl (C=O) groups excluding carboxylic acids is 1. The van der Waals surface area contributed by atoms with E-state index in [4.69, 9.17) is 0 Å². The van der Waals surface area contributed by atoms with Crippen LogP contribution in [0.3, 0.4) is 0 Å². The predicted molar refractivity (Wildman–Crippen MR) is 69.7 cm³/mol. The minimum absolute atomic E-state index is 0.0582. The maximum absolute atomic E-state index is 12.4. The first-order valence-corrected chi connectivity index (χ1v) is 7.66. The molecule has 1 aromatic heterocycles. The first-order valence-electron chi connectivity index (χ1n) is 6.22. The SMILES string of the molecule is O=C1NCC2CN(S(=O)(=O)c3ccc(=O)[nH]c3)CCN12. The molecule has 1 atom stereocenters. The molecular formula is C11H14N4O4S. The number of urea groups is 1. The molecule has 3 heterocycles. The van der Waals surface area contributed by atoms with Crippen molar-refractivity contribution in [3.8, 4) is 0 Å². The van der Waals surface area contributed by atoms with E-state index >= 15 is 0 Å². The van der Waals surface area contributed by atoms with E-state index in [9.17, 15) is 18.0 Å². The number of piperazine rings is 1. The van der Waals surface area contributed by atoms with Gasteiger partial charge in [-0.1, -0.05) is 0 Å². The van der Waals surface area contributed by atoms with Gasteiger partial charge >= 0.3 is 6.03 Å². The number of rotatable bonds is 2. The number of hydrogen-bond donors (Lipinski definition) is 2. The molecule has 0 bridgehead atoms. The highest BCUT2D eigenvalue weighted by atomic mass is 32.2. The largest absolute Gasteiger partial charge is 0.336 e. The van der Waals surface area contributed by atoms with E-state index in [1.54, 1.807) is 4.90 Å². The van der Waals surface area contributed by atoms with Gasteiger partial charge in [-0.05, 0) is 6.07 Å². The number of aromatic nitrogens is 1. The van der Waals surface area contributed by atoms with Crippen LogP contribution in [-0.4, -0.2) is 60.9 Å². The Labute approximate surface area is 115 Å². The van der Waals surface area contributed by atoms with Crippen molar-refractivity contribution in [1.29, 1.82) is 0 Å². The van der Waals surface area contributed by atoms with Gasteiger partial charge < -0.3 is 15.2 Å². The molecule has 0 aromatic carbocycles. The highest BCUT2D eigenvalue weighted by molar-refractivity contribution is 7.89. The van der Waals surface area contributed by atoms with Crippen LogP contribution in [0.25, 0.3) is 0 Å². The lowest BCUT2D eigenvalue weighted by molar-refractivity contribution is 0.164. The number of fused-ring (bicyclic) bond motifs is 1. The van der Waals surface area contributed by atoms with E-state index in [-0.39, 0.29) is 35.6 Å². The minimum atomic E-state index is -3.64. The third-order valence-electron chi connectivity index (χ3n) is 3.59. The topological polar surface area (TPSA) is 103 Å². The minimum Gasteiger partial charge on any atom is -0.336 e. The van der Waals surface area contributed by atoms with Crippen LogP contribution >= 0.6 is 0 Å². The summed E-state index contributed by atoms with van der Waals surface area (Å²) in [5, 5.41) is 2.70. The molecule has 9 heteroatoms. The monoisotopic (exact) mass is 298 g/mol. The second-order valence-electron chi connectivity index (χ2n) is 4.78. The van der Waals surface area contributed by atoms with Crippen LogP contribution in [0.1, 0.15) is 0 Å². The molecule has 3 rings (SSSR count). The molecule has 2 aliphatic rings. The van der Waals surface area contributed by atoms with E-state index in [2.05, 4.69) is 10.3 Å². The zero-order chi connectivity index (χ0) is 14.3. The van der Waals surface area contributed by atoms with E-state index in [0.717, 1.165) is 0 Å². The number of amides is 2. The number of aromatic amines is 1. The zero-order valence-electron chi connectivity index (χ0n) is 10.6. The van der Waals surface area contributed by atoms with Gasteiger partial charge in [-0.2, -0.15) is 4.31 Å². The molecule has 0 saturated carbocycles. The summed E-state index contributed by atoms with van der Waals surface area (Å²) in [6, 6.07) is 2.20. The van der Waals surface area contributed by atoms with Crippen LogP contribution in [0.4, 0.5) is 4.79 Å². The molecule has 2 aliphatic heterocycles. The van der Waals surface area contributed by atoms with Crippen molar-refractivity contribution in [3.05, 3.63) is 28.7 Å². The average Bonchev–Trinajstić information content (AvgIpc) is 2.80. The highest BCUT2D eigenvalue weighted by Gasteiger charge is 2.39. The first-order chi connectivity index (χ1) is 9.48. The fraction of sp³-hybridized carbons (Fsp3) is 0.455. The molecular weight excluding hydrogens is 284 g/mol. The molecule has 0 radical (unpaired) electrons. The van der Waals surface area contributed by atoms with Crippen molar-refractivity contribution in [1.82, 2.24) is 19.5 Å². The Hall–Kier alpha value is -1.87. The molecule has 1 aromatic rings. The number of carbonyl (C=O) groups is 1. The van der Waals surface area contributed by atoms with Gasteiger partial charge in [0.1, 0.15) is 0 Å². The van der Waals surface area contributed by atoms with Crippen LogP contribution in [0.5, 0.6) is 0 Å². The fourth-order valence-electron chi connectivity index (χ4n) is 2.50. The van der Waals surface area contributed by atoms with E-state index in [0.29, 0.717) is 13.1 Å². The molecule has 108 valence electrons.